The highest BCUT2D eigenvalue weighted by Crippen LogP contribution is 2.25. The predicted molar refractivity (Wildman–Crippen MR) is 96.4 cm³/mol. The second-order valence-electron chi connectivity index (χ2n) is 5.94. The van der Waals surface area contributed by atoms with Crippen LogP contribution in [0.4, 0.5) is 5.69 Å². The molecular weight excluding hydrogens is 322 g/mol. The van der Waals surface area contributed by atoms with Crippen LogP contribution in [-0.4, -0.2) is 24.6 Å². The third kappa shape index (κ3) is 3.54. The first-order valence-corrected chi connectivity index (χ1v) is 8.66. The highest BCUT2D eigenvalue weighted by molar-refractivity contribution is 7.11. The fourth-order valence-electron chi connectivity index (χ4n) is 2.62. The minimum Gasteiger partial charge on any atom is -0.312 e. The van der Waals surface area contributed by atoms with E-state index in [1.807, 2.05) is 49.6 Å². The Bertz CT molecular complexity index is 780. The minimum absolute atomic E-state index is 0.0305. The summed E-state index contributed by atoms with van der Waals surface area (Å²) in [6, 6.07) is 9.74. The molecule has 24 heavy (non-hydrogen) atoms. The highest BCUT2D eigenvalue weighted by atomic mass is 32.1. The number of amides is 2. The normalized spacial score (nSPS) is 17.7. The van der Waals surface area contributed by atoms with Crippen LogP contribution in [0.15, 0.2) is 40.8 Å². The van der Waals surface area contributed by atoms with E-state index in [0.717, 1.165) is 21.7 Å². The zero-order valence-electron chi connectivity index (χ0n) is 13.7. The monoisotopic (exact) mass is 341 g/mol. The van der Waals surface area contributed by atoms with Gasteiger partial charge in [0.2, 0.25) is 11.8 Å². The lowest BCUT2D eigenvalue weighted by molar-refractivity contribution is -0.126. The molecule has 1 aliphatic rings. The Balaban J connectivity index is 1.60. The van der Waals surface area contributed by atoms with Crippen molar-refractivity contribution in [3.8, 4) is 0 Å². The Kier molecular flexibility index (Phi) is 4.76. The van der Waals surface area contributed by atoms with Gasteiger partial charge in [-0.05, 0) is 43.0 Å². The molecule has 124 valence electrons. The van der Waals surface area contributed by atoms with E-state index in [1.165, 1.54) is 0 Å². The van der Waals surface area contributed by atoms with E-state index in [4.69, 9.17) is 0 Å². The minimum atomic E-state index is -0.375. The van der Waals surface area contributed by atoms with E-state index in [0.29, 0.717) is 6.54 Å². The molecule has 1 fully saturated rings. The molecule has 0 spiro atoms. The van der Waals surface area contributed by atoms with Gasteiger partial charge in [0.15, 0.2) is 0 Å². The van der Waals surface area contributed by atoms with Crippen molar-refractivity contribution >= 4 is 35.1 Å². The van der Waals surface area contributed by atoms with Crippen LogP contribution in [0.5, 0.6) is 0 Å². The van der Waals surface area contributed by atoms with Gasteiger partial charge < -0.3 is 4.90 Å². The van der Waals surface area contributed by atoms with Crippen LogP contribution in [0, 0.1) is 19.8 Å². The lowest BCUT2D eigenvalue weighted by Gasteiger charge is -2.16. The van der Waals surface area contributed by atoms with Gasteiger partial charge in [-0.25, -0.2) is 5.43 Å². The molecule has 2 heterocycles. The number of rotatable bonds is 4. The van der Waals surface area contributed by atoms with E-state index >= 15 is 0 Å². The van der Waals surface area contributed by atoms with Gasteiger partial charge in [0.25, 0.3) is 0 Å². The zero-order valence-corrected chi connectivity index (χ0v) is 14.5. The summed E-state index contributed by atoms with van der Waals surface area (Å²) in [7, 11) is 0. The first-order valence-electron chi connectivity index (χ1n) is 7.78. The second kappa shape index (κ2) is 6.97. The van der Waals surface area contributed by atoms with Gasteiger partial charge in [0, 0.05) is 23.5 Å². The van der Waals surface area contributed by atoms with Crippen LogP contribution >= 0.6 is 11.3 Å². The molecule has 0 aliphatic carbocycles. The van der Waals surface area contributed by atoms with Crippen LogP contribution in [0.25, 0.3) is 0 Å². The molecular formula is C18H19N3O2S. The van der Waals surface area contributed by atoms with Crippen LogP contribution < -0.4 is 10.3 Å². The molecule has 1 atom stereocenters. The molecule has 0 radical (unpaired) electrons. The van der Waals surface area contributed by atoms with Gasteiger partial charge in [-0.2, -0.15) is 5.10 Å². The summed E-state index contributed by atoms with van der Waals surface area (Å²) in [5, 5.41) is 5.99. The number of nitrogens with one attached hydrogen (secondary N) is 1. The molecule has 2 amide bonds. The zero-order chi connectivity index (χ0) is 17.1. The number of carbonyl (C=O) groups excluding carboxylic acids is 2. The molecule has 0 unspecified atom stereocenters. The molecule has 1 aliphatic heterocycles. The molecule has 1 N–H and O–H groups in total. The van der Waals surface area contributed by atoms with Crippen molar-refractivity contribution in [3.63, 3.8) is 0 Å². The number of hydrazone groups is 1. The van der Waals surface area contributed by atoms with Crippen molar-refractivity contribution in [1.82, 2.24) is 5.43 Å². The van der Waals surface area contributed by atoms with E-state index in [9.17, 15) is 9.59 Å². The Hall–Kier alpha value is -2.47. The molecule has 2 aromatic rings. The Labute approximate surface area is 145 Å². The SMILES string of the molecule is Cc1ccc(N2C[C@@H](C(=O)N/N=C/c3sccc3C)CC2=O)cc1. The maximum Gasteiger partial charge on any atom is 0.245 e. The summed E-state index contributed by atoms with van der Waals surface area (Å²) < 4.78 is 0. The second-order valence-corrected chi connectivity index (χ2v) is 6.89. The Morgan fingerprint density at radius 2 is 2.04 bits per heavy atom. The fourth-order valence-corrected chi connectivity index (χ4v) is 3.41. The summed E-state index contributed by atoms with van der Waals surface area (Å²) >= 11 is 1.57. The summed E-state index contributed by atoms with van der Waals surface area (Å²) in [6.07, 6.45) is 1.86. The topological polar surface area (TPSA) is 61.8 Å². The van der Waals surface area contributed by atoms with Gasteiger partial charge in [0.05, 0.1) is 12.1 Å². The maximum atomic E-state index is 12.2. The van der Waals surface area contributed by atoms with Crippen LogP contribution in [0.2, 0.25) is 0 Å². The van der Waals surface area contributed by atoms with E-state index in [-0.39, 0.29) is 24.2 Å². The molecule has 1 aromatic carbocycles. The summed E-state index contributed by atoms with van der Waals surface area (Å²) in [5.41, 5.74) is 5.64. The maximum absolute atomic E-state index is 12.2. The van der Waals surface area contributed by atoms with E-state index in [1.54, 1.807) is 22.5 Å². The van der Waals surface area contributed by atoms with Crippen molar-refractivity contribution in [2.24, 2.45) is 11.0 Å². The van der Waals surface area contributed by atoms with Crippen molar-refractivity contribution in [2.75, 3.05) is 11.4 Å². The molecule has 0 saturated carbocycles. The number of hydrogen-bond donors (Lipinski definition) is 1. The molecule has 0 bridgehead atoms. The number of aryl methyl sites for hydroxylation is 2. The third-order valence-electron chi connectivity index (χ3n) is 4.10. The third-order valence-corrected chi connectivity index (χ3v) is 5.05. The first kappa shape index (κ1) is 16.4. The largest absolute Gasteiger partial charge is 0.312 e. The summed E-state index contributed by atoms with van der Waals surface area (Å²) in [5.74, 6) is -0.624. The van der Waals surface area contributed by atoms with Crippen LogP contribution in [0.3, 0.4) is 0 Å². The van der Waals surface area contributed by atoms with Gasteiger partial charge in [-0.3, -0.25) is 9.59 Å². The van der Waals surface area contributed by atoms with E-state index < -0.39 is 0 Å². The molecule has 1 saturated heterocycles. The van der Waals surface area contributed by atoms with Gasteiger partial charge >= 0.3 is 0 Å². The smallest absolute Gasteiger partial charge is 0.245 e. The van der Waals surface area contributed by atoms with Crippen LogP contribution in [0.1, 0.15) is 22.4 Å². The van der Waals surface area contributed by atoms with E-state index in [2.05, 4.69) is 10.5 Å². The number of anilines is 1. The predicted octanol–water partition coefficient (Wildman–Crippen LogP) is 2.87. The van der Waals surface area contributed by atoms with Gasteiger partial charge in [-0.15, -0.1) is 11.3 Å². The van der Waals surface area contributed by atoms with Crippen molar-refractivity contribution < 1.29 is 9.59 Å². The lowest BCUT2D eigenvalue weighted by atomic mass is 10.1. The van der Waals surface area contributed by atoms with Gasteiger partial charge in [0.1, 0.15) is 0 Å². The van der Waals surface area contributed by atoms with Crippen molar-refractivity contribution in [1.29, 1.82) is 0 Å². The number of hydrogen-bond acceptors (Lipinski definition) is 4. The molecule has 5 nitrogen and oxygen atoms in total. The Morgan fingerprint density at radius 1 is 1.29 bits per heavy atom. The van der Waals surface area contributed by atoms with Crippen molar-refractivity contribution in [2.45, 2.75) is 20.3 Å². The lowest BCUT2D eigenvalue weighted by Crippen LogP contribution is -2.30. The summed E-state index contributed by atoms with van der Waals surface area (Å²) in [6.45, 7) is 4.38. The summed E-state index contributed by atoms with van der Waals surface area (Å²) in [4.78, 5) is 27.1. The number of carbonyl (C=O) groups is 2. The first-order chi connectivity index (χ1) is 11.5. The number of thiophene rings is 1. The van der Waals surface area contributed by atoms with Gasteiger partial charge in [-0.1, -0.05) is 17.7 Å². The number of benzene rings is 1. The average Bonchev–Trinajstić information content (AvgIpc) is 3.14. The number of nitrogens with zero attached hydrogens (tertiary/aromatic N) is 2. The van der Waals surface area contributed by atoms with Crippen molar-refractivity contribution in [3.05, 3.63) is 51.7 Å². The highest BCUT2D eigenvalue weighted by Gasteiger charge is 2.35. The quantitative estimate of drug-likeness (QED) is 0.686. The Morgan fingerprint density at radius 3 is 2.71 bits per heavy atom. The fraction of sp³-hybridized carbons (Fsp3) is 0.278. The average molecular weight is 341 g/mol. The molecule has 1 aromatic heterocycles. The standard InChI is InChI=1S/C18H19N3O2S/c1-12-3-5-15(6-4-12)21-11-14(9-17(21)22)18(23)20-19-10-16-13(2)7-8-24-16/h3-8,10,14H,9,11H2,1-2H3,(H,20,23)/b19-10+/t14-/m0/s1. The molecule has 6 heteroatoms. The van der Waals surface area contributed by atoms with Crippen LogP contribution in [-0.2, 0) is 9.59 Å². The molecule has 3 rings (SSSR count).